The lowest BCUT2D eigenvalue weighted by Gasteiger charge is -2.22. The van der Waals surface area contributed by atoms with Crippen molar-refractivity contribution < 1.29 is 9.59 Å². The van der Waals surface area contributed by atoms with Crippen molar-refractivity contribution in [1.29, 1.82) is 0 Å². The van der Waals surface area contributed by atoms with E-state index in [0.29, 0.717) is 25.1 Å². The van der Waals surface area contributed by atoms with Gasteiger partial charge in [0.25, 0.3) is 0 Å². The van der Waals surface area contributed by atoms with Gasteiger partial charge >= 0.3 is 0 Å². The van der Waals surface area contributed by atoms with Crippen molar-refractivity contribution >= 4 is 11.8 Å². The Kier molecular flexibility index (Phi) is 5.88. The molecule has 26 heavy (non-hydrogen) atoms. The number of carbonyl (C=O) groups excluding carboxylic acids is 2. The van der Waals surface area contributed by atoms with Crippen LogP contribution in [0.5, 0.6) is 0 Å². The third kappa shape index (κ3) is 4.62. The molecular weight excluding hydrogens is 330 g/mol. The fraction of sp³-hybridized carbons (Fsp3) is 0.421. The minimum atomic E-state index is -0.0349. The minimum Gasteiger partial charge on any atom is -0.350 e. The van der Waals surface area contributed by atoms with E-state index < -0.39 is 0 Å². The highest BCUT2D eigenvalue weighted by atomic mass is 16.2. The summed E-state index contributed by atoms with van der Waals surface area (Å²) in [5.41, 5.74) is 2.53. The topological polar surface area (TPSA) is 88.1 Å². The summed E-state index contributed by atoms with van der Waals surface area (Å²) in [6.45, 7) is 2.68. The molecule has 2 aromatic rings. The Balaban J connectivity index is 1.54. The molecule has 7 nitrogen and oxygen atoms in total. The first-order valence-electron chi connectivity index (χ1n) is 8.87. The summed E-state index contributed by atoms with van der Waals surface area (Å²) < 4.78 is 0. The molecule has 0 aromatic carbocycles. The van der Waals surface area contributed by atoms with E-state index in [0.717, 1.165) is 30.6 Å². The Morgan fingerprint density at radius 1 is 1.27 bits per heavy atom. The fourth-order valence-corrected chi connectivity index (χ4v) is 3.20. The van der Waals surface area contributed by atoms with Crippen LogP contribution in [-0.2, 0) is 22.6 Å². The van der Waals surface area contributed by atoms with Crippen LogP contribution in [0.25, 0.3) is 0 Å². The first-order chi connectivity index (χ1) is 12.6. The van der Waals surface area contributed by atoms with Crippen molar-refractivity contribution in [2.75, 3.05) is 6.54 Å². The van der Waals surface area contributed by atoms with Gasteiger partial charge in [0.1, 0.15) is 0 Å². The van der Waals surface area contributed by atoms with E-state index in [2.05, 4.69) is 20.3 Å². The summed E-state index contributed by atoms with van der Waals surface area (Å²) in [4.78, 5) is 38.5. The molecule has 0 radical (unpaired) electrons. The third-order valence-corrected chi connectivity index (χ3v) is 4.53. The first kappa shape index (κ1) is 18.0. The molecule has 0 aliphatic carbocycles. The van der Waals surface area contributed by atoms with E-state index in [4.69, 9.17) is 0 Å². The van der Waals surface area contributed by atoms with Gasteiger partial charge in [0.2, 0.25) is 11.8 Å². The van der Waals surface area contributed by atoms with Crippen LogP contribution >= 0.6 is 0 Å². The maximum atomic E-state index is 12.0. The van der Waals surface area contributed by atoms with E-state index in [9.17, 15) is 9.59 Å². The zero-order chi connectivity index (χ0) is 18.4. The number of aryl methyl sites for hydroxylation is 1. The predicted molar refractivity (Wildman–Crippen MR) is 95.8 cm³/mol. The van der Waals surface area contributed by atoms with Crippen LogP contribution in [0.3, 0.4) is 0 Å². The van der Waals surface area contributed by atoms with Crippen LogP contribution in [0.1, 0.15) is 49.2 Å². The van der Waals surface area contributed by atoms with E-state index >= 15 is 0 Å². The Morgan fingerprint density at radius 3 is 2.92 bits per heavy atom. The molecule has 1 N–H and O–H groups in total. The van der Waals surface area contributed by atoms with Gasteiger partial charge in [-0.2, -0.15) is 0 Å². The Hall–Kier alpha value is -2.83. The van der Waals surface area contributed by atoms with Crippen molar-refractivity contribution in [2.45, 2.75) is 45.2 Å². The van der Waals surface area contributed by atoms with Crippen molar-refractivity contribution in [3.05, 3.63) is 53.9 Å². The summed E-state index contributed by atoms with van der Waals surface area (Å²) in [6.07, 6.45) is 9.77. The molecule has 2 amide bonds. The second-order valence-electron chi connectivity index (χ2n) is 6.44. The van der Waals surface area contributed by atoms with Crippen LogP contribution in [0.4, 0.5) is 0 Å². The molecule has 136 valence electrons. The van der Waals surface area contributed by atoms with E-state index in [-0.39, 0.29) is 17.9 Å². The molecule has 3 heterocycles. The predicted octanol–water partition coefficient (Wildman–Crippen LogP) is 1.80. The maximum Gasteiger partial charge on any atom is 0.220 e. The number of pyridine rings is 1. The number of hydrogen-bond acceptors (Lipinski definition) is 5. The molecule has 1 aliphatic heterocycles. The van der Waals surface area contributed by atoms with Gasteiger partial charge in [0.15, 0.2) is 0 Å². The lowest BCUT2D eigenvalue weighted by molar-refractivity contribution is -0.129. The van der Waals surface area contributed by atoms with Crippen LogP contribution < -0.4 is 5.32 Å². The zero-order valence-corrected chi connectivity index (χ0v) is 14.9. The Morgan fingerprint density at radius 2 is 2.15 bits per heavy atom. The third-order valence-electron chi connectivity index (χ3n) is 4.53. The summed E-state index contributed by atoms with van der Waals surface area (Å²) in [7, 11) is 0. The summed E-state index contributed by atoms with van der Waals surface area (Å²) in [6, 6.07) is 3.81. The molecule has 0 spiro atoms. The normalized spacial score (nSPS) is 16.5. The molecule has 2 aromatic heterocycles. The molecule has 1 fully saturated rings. The minimum absolute atomic E-state index is 0.0127. The number of carbonyl (C=O) groups is 2. The SMILES string of the molecule is CC(=O)N1CCC[C@H]1c1cncc(CNC(=O)CCc2cccnc2)n1. The van der Waals surface area contributed by atoms with Crippen LogP contribution in [0, 0.1) is 0 Å². The highest BCUT2D eigenvalue weighted by Gasteiger charge is 2.29. The second kappa shape index (κ2) is 8.51. The maximum absolute atomic E-state index is 12.0. The molecule has 1 saturated heterocycles. The molecule has 1 aliphatic rings. The smallest absolute Gasteiger partial charge is 0.220 e. The van der Waals surface area contributed by atoms with Gasteiger partial charge in [-0.05, 0) is 30.9 Å². The summed E-state index contributed by atoms with van der Waals surface area (Å²) in [5, 5.41) is 2.88. The summed E-state index contributed by atoms with van der Waals surface area (Å²) >= 11 is 0. The van der Waals surface area contributed by atoms with Crippen molar-refractivity contribution in [3.63, 3.8) is 0 Å². The quantitative estimate of drug-likeness (QED) is 0.855. The average molecular weight is 353 g/mol. The van der Waals surface area contributed by atoms with Crippen molar-refractivity contribution in [1.82, 2.24) is 25.2 Å². The Labute approximate surface area is 152 Å². The highest BCUT2D eigenvalue weighted by molar-refractivity contribution is 5.76. The number of aromatic nitrogens is 3. The van der Waals surface area contributed by atoms with Gasteiger partial charge in [0, 0.05) is 32.3 Å². The number of nitrogens with one attached hydrogen (secondary N) is 1. The summed E-state index contributed by atoms with van der Waals surface area (Å²) in [5.74, 6) is 0.0238. The van der Waals surface area contributed by atoms with Crippen LogP contribution in [0.2, 0.25) is 0 Å². The molecule has 0 unspecified atom stereocenters. The van der Waals surface area contributed by atoms with Gasteiger partial charge in [-0.3, -0.25) is 24.5 Å². The van der Waals surface area contributed by atoms with Gasteiger partial charge < -0.3 is 10.2 Å². The Bertz CT molecular complexity index is 766. The van der Waals surface area contributed by atoms with E-state index in [1.54, 1.807) is 31.7 Å². The van der Waals surface area contributed by atoms with E-state index in [1.165, 1.54) is 0 Å². The van der Waals surface area contributed by atoms with Gasteiger partial charge in [-0.15, -0.1) is 0 Å². The standard InChI is InChI=1S/C19H23N5O2/c1-14(25)24-9-3-5-18(24)17-13-21-11-16(23-17)12-22-19(26)7-6-15-4-2-8-20-10-15/h2,4,8,10-11,13,18H,3,5-7,9,12H2,1H3,(H,22,26)/t18-/m0/s1. The number of nitrogens with zero attached hydrogens (tertiary/aromatic N) is 4. The second-order valence-corrected chi connectivity index (χ2v) is 6.44. The van der Waals surface area contributed by atoms with Crippen LogP contribution in [-0.4, -0.2) is 38.2 Å². The van der Waals surface area contributed by atoms with Crippen molar-refractivity contribution in [2.24, 2.45) is 0 Å². The zero-order valence-electron chi connectivity index (χ0n) is 14.9. The number of likely N-dealkylation sites (tertiary alicyclic amines) is 1. The van der Waals surface area contributed by atoms with Crippen molar-refractivity contribution in [3.8, 4) is 0 Å². The first-order valence-corrected chi connectivity index (χ1v) is 8.87. The molecule has 3 rings (SSSR count). The molecule has 7 heteroatoms. The largest absolute Gasteiger partial charge is 0.350 e. The number of rotatable bonds is 6. The highest BCUT2D eigenvalue weighted by Crippen LogP contribution is 2.30. The van der Waals surface area contributed by atoms with Gasteiger partial charge in [-0.1, -0.05) is 6.07 Å². The average Bonchev–Trinajstić information content (AvgIpc) is 3.16. The molecule has 0 saturated carbocycles. The fourth-order valence-electron chi connectivity index (χ4n) is 3.20. The van der Waals surface area contributed by atoms with Gasteiger partial charge in [-0.25, -0.2) is 0 Å². The lowest BCUT2D eigenvalue weighted by atomic mass is 10.1. The van der Waals surface area contributed by atoms with Gasteiger partial charge in [0.05, 0.1) is 36.4 Å². The lowest BCUT2D eigenvalue weighted by Crippen LogP contribution is -2.29. The number of hydrogen-bond donors (Lipinski definition) is 1. The molecule has 1 atom stereocenters. The van der Waals surface area contributed by atoms with E-state index in [1.807, 2.05) is 17.0 Å². The monoisotopic (exact) mass is 353 g/mol. The molecule has 0 bridgehead atoms. The number of amides is 2. The molecular formula is C19H23N5O2. The van der Waals surface area contributed by atoms with Crippen LogP contribution in [0.15, 0.2) is 36.9 Å².